The van der Waals surface area contributed by atoms with Gasteiger partial charge in [-0.05, 0) is 0 Å². The van der Waals surface area contributed by atoms with Crippen LogP contribution in [0.5, 0.6) is 0 Å². The summed E-state index contributed by atoms with van der Waals surface area (Å²) in [6.45, 7) is 0. The fraction of sp³-hybridized carbons (Fsp3) is 0.250. The maximum Gasteiger partial charge on any atom is 0.380 e. The summed E-state index contributed by atoms with van der Waals surface area (Å²) in [6.07, 6.45) is 0. The summed E-state index contributed by atoms with van der Waals surface area (Å²) in [5.41, 5.74) is 0. The molecule has 0 aliphatic carbocycles. The number of ether oxygens (including phenoxy) is 1. The second-order valence-electron chi connectivity index (χ2n) is 1.16. The number of methoxy groups -OCH3 is 1. The zero-order valence-electron chi connectivity index (χ0n) is 5.16. The van der Waals surface area contributed by atoms with Crippen LogP contribution in [-0.2, 0) is 35.7 Å². The molecule has 0 fully saturated rings. The minimum absolute atomic E-state index is 0. The third kappa shape index (κ3) is 3.51. The van der Waals surface area contributed by atoms with Crippen molar-refractivity contribution in [3.8, 4) is 0 Å². The second kappa shape index (κ2) is 5.29. The van der Waals surface area contributed by atoms with Crippen LogP contribution < -0.4 is 0 Å². The zero-order chi connectivity index (χ0) is 7.44. The van der Waals surface area contributed by atoms with Gasteiger partial charge in [0.05, 0.1) is 7.11 Å². The molecule has 0 saturated heterocycles. The molecule has 0 heterocycles. The fourth-order valence-corrected chi connectivity index (χ4v) is 0.188. The quantitative estimate of drug-likeness (QED) is 0.332. The molecular weight excluding hydrogens is 219 g/mol. The molecule has 0 aromatic carbocycles. The van der Waals surface area contributed by atoms with Gasteiger partial charge in [-0.15, -0.1) is 0 Å². The molecule has 0 amide bonds. The summed E-state index contributed by atoms with van der Waals surface area (Å²) in [4.78, 5) is 10.1. The van der Waals surface area contributed by atoms with Gasteiger partial charge in [0.25, 0.3) is 5.76 Å². The Bertz CT molecular complexity index is 148. The summed E-state index contributed by atoms with van der Waals surface area (Å²) in [5.74, 6) is -3.82. The minimum atomic E-state index is -1.44. The van der Waals surface area contributed by atoms with Gasteiger partial charge in [0, 0.05) is 26.2 Å². The second-order valence-corrected chi connectivity index (χ2v) is 1.16. The first-order valence-electron chi connectivity index (χ1n) is 1.99. The van der Waals surface area contributed by atoms with E-state index in [0.717, 1.165) is 7.11 Å². The predicted molar refractivity (Wildman–Crippen MR) is 26.9 cm³/mol. The van der Waals surface area contributed by atoms with Crippen molar-refractivity contribution in [1.82, 2.24) is 0 Å². The van der Waals surface area contributed by atoms with Crippen molar-refractivity contribution in [2.45, 2.75) is 0 Å². The Morgan fingerprint density at radius 1 is 1.30 bits per heavy atom. The average Bonchev–Trinajstić information content (AvgIpc) is 1.84. The van der Waals surface area contributed by atoms with Gasteiger partial charge in [-0.1, -0.05) is 0 Å². The molecule has 56 valence electrons. The summed E-state index contributed by atoms with van der Waals surface area (Å²) >= 11 is 0. The summed E-state index contributed by atoms with van der Waals surface area (Å²) < 4.78 is 3.91. The van der Waals surface area contributed by atoms with E-state index in [1.165, 1.54) is 0 Å². The molecule has 6 heteroatoms. The molecule has 0 saturated carbocycles. The van der Waals surface area contributed by atoms with E-state index in [1.807, 2.05) is 0 Å². The minimum Gasteiger partial charge on any atom is -0.497 e. The number of rotatable bonds is 1. The summed E-state index contributed by atoms with van der Waals surface area (Å²) in [7, 11) is 1.00. The maximum atomic E-state index is 10.1. The Labute approximate surface area is 76.1 Å². The van der Waals surface area contributed by atoms with Gasteiger partial charge in [-0.2, -0.15) is 0 Å². The molecule has 0 aromatic rings. The summed E-state index contributed by atoms with van der Waals surface area (Å²) in [5, 5.41) is 24.3. The van der Waals surface area contributed by atoms with Crippen molar-refractivity contribution in [2.24, 2.45) is 0 Å². The van der Waals surface area contributed by atoms with E-state index in [9.17, 15) is 4.79 Å². The van der Waals surface area contributed by atoms with Crippen LogP contribution in [0.4, 0.5) is 0 Å². The monoisotopic (exact) mass is 224 g/mol. The smallest absolute Gasteiger partial charge is 0.380 e. The molecule has 5 nitrogen and oxygen atoms in total. The molecule has 0 radical (unpaired) electrons. The van der Waals surface area contributed by atoms with E-state index in [0.29, 0.717) is 0 Å². The van der Waals surface area contributed by atoms with Gasteiger partial charge in [-0.3, -0.25) is 0 Å². The number of carbonyl (C=O) groups is 1. The maximum absolute atomic E-state index is 10.1. The summed E-state index contributed by atoms with van der Waals surface area (Å²) in [6, 6.07) is 0. The Hall–Kier alpha value is -0.507. The molecule has 0 unspecified atom stereocenters. The number of hydrogen-bond donors (Lipinski definition) is 3. The van der Waals surface area contributed by atoms with Crippen LogP contribution >= 0.6 is 0 Å². The van der Waals surface area contributed by atoms with Crippen molar-refractivity contribution < 1.29 is 51.1 Å². The molecule has 0 aliphatic heterocycles. The van der Waals surface area contributed by atoms with Crippen LogP contribution in [0.25, 0.3) is 0 Å². The van der Waals surface area contributed by atoms with E-state index in [-0.39, 0.29) is 26.2 Å². The largest absolute Gasteiger partial charge is 0.497 e. The fourth-order valence-electron chi connectivity index (χ4n) is 0.188. The molecule has 0 aliphatic rings. The van der Waals surface area contributed by atoms with Crippen molar-refractivity contribution >= 4 is 5.97 Å². The first-order valence-corrected chi connectivity index (χ1v) is 1.99. The Morgan fingerprint density at radius 2 is 1.70 bits per heavy atom. The van der Waals surface area contributed by atoms with E-state index in [2.05, 4.69) is 4.74 Å². The number of hydrogen-bond acceptors (Lipinski definition) is 5. The van der Waals surface area contributed by atoms with Gasteiger partial charge < -0.3 is 20.1 Å². The standard InChI is InChI=1S/C4H6O5.Zr/c1-9-4(8)2(5)3(6)7;/h5-7H,1H3;. The third-order valence-electron chi connectivity index (χ3n) is 0.591. The van der Waals surface area contributed by atoms with E-state index >= 15 is 0 Å². The number of carbonyl (C=O) groups excluding carboxylic acids is 1. The van der Waals surface area contributed by atoms with Gasteiger partial charge in [0.2, 0.25) is 0 Å². The topological polar surface area (TPSA) is 87.0 Å². The number of aliphatic hydroxyl groups is 3. The number of aliphatic hydroxyl groups excluding tert-OH is 2. The van der Waals surface area contributed by atoms with Crippen LogP contribution in [0.2, 0.25) is 0 Å². The SMILES string of the molecule is COC(=O)C(O)=C(O)O.[Zr]. The van der Waals surface area contributed by atoms with Crippen LogP contribution in [-0.4, -0.2) is 28.4 Å². The zero-order valence-corrected chi connectivity index (χ0v) is 7.62. The molecule has 3 N–H and O–H groups in total. The molecule has 10 heavy (non-hydrogen) atoms. The molecule has 0 rings (SSSR count). The van der Waals surface area contributed by atoms with E-state index < -0.39 is 17.7 Å². The Balaban J connectivity index is 0. The Kier molecular flexibility index (Phi) is 6.45. The normalized spacial score (nSPS) is 7.30. The molecule has 0 aromatic heterocycles. The van der Waals surface area contributed by atoms with Crippen molar-refractivity contribution in [1.29, 1.82) is 0 Å². The molecular formula is C4H6O5Zr. The average molecular weight is 225 g/mol. The van der Waals surface area contributed by atoms with Crippen LogP contribution in [0, 0.1) is 0 Å². The predicted octanol–water partition coefficient (Wildman–Crippen LogP) is 0.000000000000000111. The first-order chi connectivity index (χ1) is 4.09. The Morgan fingerprint density at radius 3 is 1.80 bits per heavy atom. The molecule has 0 bridgehead atoms. The number of esters is 1. The molecule has 0 atom stereocenters. The first kappa shape index (κ1) is 12.2. The van der Waals surface area contributed by atoms with Crippen LogP contribution in [0.1, 0.15) is 0 Å². The van der Waals surface area contributed by atoms with E-state index in [1.54, 1.807) is 0 Å². The van der Waals surface area contributed by atoms with Crippen LogP contribution in [0.3, 0.4) is 0 Å². The van der Waals surface area contributed by atoms with Gasteiger partial charge in [-0.25, -0.2) is 4.79 Å². The van der Waals surface area contributed by atoms with Crippen molar-refractivity contribution in [3.05, 3.63) is 11.7 Å². The van der Waals surface area contributed by atoms with Crippen LogP contribution in [0.15, 0.2) is 11.7 Å². The van der Waals surface area contributed by atoms with Gasteiger partial charge in [0.15, 0.2) is 0 Å². The van der Waals surface area contributed by atoms with Gasteiger partial charge >= 0.3 is 11.9 Å². The molecule has 0 spiro atoms. The third-order valence-corrected chi connectivity index (χ3v) is 0.591. The van der Waals surface area contributed by atoms with Crippen molar-refractivity contribution in [3.63, 3.8) is 0 Å². The van der Waals surface area contributed by atoms with Gasteiger partial charge in [0.1, 0.15) is 0 Å². The van der Waals surface area contributed by atoms with Crippen molar-refractivity contribution in [2.75, 3.05) is 7.11 Å². The van der Waals surface area contributed by atoms with E-state index in [4.69, 9.17) is 15.3 Å².